The first kappa shape index (κ1) is 30.7. The van der Waals surface area contributed by atoms with E-state index in [1.54, 1.807) is 24.5 Å². The molecule has 0 aliphatic heterocycles. The van der Waals surface area contributed by atoms with Gasteiger partial charge in [-0.15, -0.1) is 0 Å². The zero-order valence-corrected chi connectivity index (χ0v) is 24.1. The second-order valence-corrected chi connectivity index (χ2v) is 11.6. The number of fused-ring (bicyclic) bond motifs is 1. The summed E-state index contributed by atoms with van der Waals surface area (Å²) >= 11 is 0. The number of aryl methyl sites for hydroxylation is 2. The van der Waals surface area contributed by atoms with Gasteiger partial charge in [-0.3, -0.25) is 14.4 Å². The Balaban J connectivity index is 1.20. The molecule has 42 heavy (non-hydrogen) atoms. The molecule has 218 valence electrons. The van der Waals surface area contributed by atoms with Crippen molar-refractivity contribution in [3.05, 3.63) is 71.7 Å². The van der Waals surface area contributed by atoms with E-state index in [0.717, 1.165) is 10.6 Å². The van der Waals surface area contributed by atoms with Gasteiger partial charge in [-0.1, -0.05) is 41.1 Å². The van der Waals surface area contributed by atoms with Gasteiger partial charge in [0.1, 0.15) is 11.6 Å². The van der Waals surface area contributed by atoms with Crippen LogP contribution in [0.3, 0.4) is 0 Å². The SMILES string of the molecule is Nc1nc(N)c2nc(CCc3ccc(C(=O)C[C@@H](CCC(=O)OCCSSc4ccccn4)C(=O)O)cc3)cnc2n1. The van der Waals surface area contributed by atoms with E-state index in [2.05, 4.69) is 24.9 Å². The summed E-state index contributed by atoms with van der Waals surface area (Å²) < 4.78 is 5.20. The fourth-order valence-corrected chi connectivity index (χ4v) is 5.65. The summed E-state index contributed by atoms with van der Waals surface area (Å²) in [7, 11) is 2.99. The van der Waals surface area contributed by atoms with E-state index in [1.807, 2.05) is 30.3 Å². The molecule has 0 fully saturated rings. The van der Waals surface area contributed by atoms with Crippen LogP contribution in [0.2, 0.25) is 0 Å². The number of aliphatic carboxylic acids is 1. The summed E-state index contributed by atoms with van der Waals surface area (Å²) in [5.41, 5.74) is 14.3. The number of hydrogen-bond acceptors (Lipinski definition) is 13. The van der Waals surface area contributed by atoms with Gasteiger partial charge in [0.25, 0.3) is 0 Å². The van der Waals surface area contributed by atoms with Gasteiger partial charge in [0.15, 0.2) is 22.8 Å². The Bertz CT molecular complexity index is 1540. The maximum Gasteiger partial charge on any atom is 0.306 e. The van der Waals surface area contributed by atoms with Crippen molar-refractivity contribution in [3.63, 3.8) is 0 Å². The van der Waals surface area contributed by atoms with Crippen LogP contribution in [0, 0.1) is 5.92 Å². The van der Waals surface area contributed by atoms with E-state index in [0.29, 0.717) is 41.0 Å². The summed E-state index contributed by atoms with van der Waals surface area (Å²) in [6.07, 6.45) is 4.24. The molecule has 5 N–H and O–H groups in total. The van der Waals surface area contributed by atoms with Crippen LogP contribution in [0.4, 0.5) is 11.8 Å². The number of nitrogen functional groups attached to an aromatic ring is 2. The fraction of sp³-hybridized carbons (Fsp3) is 0.286. The second-order valence-electron chi connectivity index (χ2n) is 9.19. The normalized spacial score (nSPS) is 11.7. The van der Waals surface area contributed by atoms with Crippen LogP contribution >= 0.6 is 21.6 Å². The third kappa shape index (κ3) is 9.11. The van der Waals surface area contributed by atoms with Crippen molar-refractivity contribution in [2.24, 2.45) is 5.92 Å². The van der Waals surface area contributed by atoms with Crippen LogP contribution in [0.25, 0.3) is 11.2 Å². The molecule has 0 amide bonds. The number of ketones is 1. The van der Waals surface area contributed by atoms with Gasteiger partial charge in [-0.25, -0.2) is 15.0 Å². The Morgan fingerprint density at radius 3 is 2.52 bits per heavy atom. The van der Waals surface area contributed by atoms with E-state index < -0.39 is 17.9 Å². The zero-order valence-electron chi connectivity index (χ0n) is 22.5. The average Bonchev–Trinajstić information content (AvgIpc) is 2.98. The van der Waals surface area contributed by atoms with Crippen molar-refractivity contribution >= 4 is 62.2 Å². The van der Waals surface area contributed by atoms with Crippen LogP contribution in [0.15, 0.2) is 59.9 Å². The molecule has 14 heteroatoms. The molecule has 0 spiro atoms. The van der Waals surface area contributed by atoms with Gasteiger partial charge in [-0.2, -0.15) is 9.97 Å². The first-order chi connectivity index (χ1) is 20.3. The van der Waals surface area contributed by atoms with Crippen LogP contribution in [0.5, 0.6) is 0 Å². The molecule has 3 heterocycles. The second kappa shape index (κ2) is 15.1. The first-order valence-electron chi connectivity index (χ1n) is 13.0. The highest BCUT2D eigenvalue weighted by atomic mass is 33.1. The first-order valence-corrected chi connectivity index (χ1v) is 15.4. The molecule has 0 saturated heterocycles. The topological polar surface area (TPSA) is 197 Å². The number of rotatable bonds is 15. The summed E-state index contributed by atoms with van der Waals surface area (Å²) in [6, 6.07) is 12.6. The number of pyridine rings is 1. The summed E-state index contributed by atoms with van der Waals surface area (Å²) in [5, 5.41) is 10.5. The van der Waals surface area contributed by atoms with Crippen LogP contribution in [-0.2, 0) is 27.2 Å². The molecule has 0 saturated carbocycles. The van der Waals surface area contributed by atoms with Gasteiger partial charge in [0.05, 0.1) is 17.8 Å². The maximum atomic E-state index is 12.8. The number of ether oxygens (including phenoxy) is 1. The zero-order chi connectivity index (χ0) is 29.9. The Kier molecular flexibility index (Phi) is 11.0. The minimum absolute atomic E-state index is 0.0166. The third-order valence-corrected chi connectivity index (χ3v) is 8.37. The number of carboxylic acids is 1. The molecule has 4 rings (SSSR count). The predicted octanol–water partition coefficient (Wildman–Crippen LogP) is 3.80. The largest absolute Gasteiger partial charge is 0.481 e. The summed E-state index contributed by atoms with van der Waals surface area (Å²) in [6.45, 7) is 0.206. The van der Waals surface area contributed by atoms with Gasteiger partial charge in [-0.05, 0) is 47.8 Å². The fourth-order valence-electron chi connectivity index (χ4n) is 3.94. The van der Waals surface area contributed by atoms with Gasteiger partial charge in [0, 0.05) is 30.4 Å². The Morgan fingerprint density at radius 1 is 0.976 bits per heavy atom. The van der Waals surface area contributed by atoms with E-state index in [4.69, 9.17) is 16.2 Å². The van der Waals surface area contributed by atoms with E-state index in [-0.39, 0.29) is 43.4 Å². The molecule has 1 aromatic carbocycles. The number of aromatic nitrogens is 5. The molecule has 0 bridgehead atoms. The lowest BCUT2D eigenvalue weighted by molar-refractivity contribution is -0.145. The number of anilines is 2. The monoisotopic (exact) mass is 607 g/mol. The molecule has 12 nitrogen and oxygen atoms in total. The van der Waals surface area contributed by atoms with Crippen molar-refractivity contribution in [1.29, 1.82) is 0 Å². The molecular formula is C28H29N7O5S2. The Hall–Kier alpha value is -4.30. The van der Waals surface area contributed by atoms with Crippen LogP contribution < -0.4 is 11.5 Å². The summed E-state index contributed by atoms with van der Waals surface area (Å²) in [5.74, 6) is -2.14. The van der Waals surface area contributed by atoms with Gasteiger partial charge in [0.2, 0.25) is 5.95 Å². The Morgan fingerprint density at radius 2 is 1.79 bits per heavy atom. The van der Waals surface area contributed by atoms with Crippen molar-refractivity contribution in [3.8, 4) is 0 Å². The Labute approximate surface area is 249 Å². The average molecular weight is 608 g/mol. The van der Waals surface area contributed by atoms with Crippen molar-refractivity contribution in [2.75, 3.05) is 23.8 Å². The van der Waals surface area contributed by atoms with E-state index in [9.17, 15) is 19.5 Å². The molecule has 1 atom stereocenters. The van der Waals surface area contributed by atoms with Crippen molar-refractivity contribution in [1.82, 2.24) is 24.9 Å². The lowest BCUT2D eigenvalue weighted by Crippen LogP contribution is -2.20. The highest BCUT2D eigenvalue weighted by molar-refractivity contribution is 8.76. The molecule has 0 radical (unpaired) electrons. The quantitative estimate of drug-likeness (QED) is 0.0763. The number of hydrogen-bond donors (Lipinski definition) is 3. The predicted molar refractivity (Wildman–Crippen MR) is 161 cm³/mol. The van der Waals surface area contributed by atoms with E-state index >= 15 is 0 Å². The summed E-state index contributed by atoms with van der Waals surface area (Å²) in [4.78, 5) is 57.5. The number of carbonyl (C=O) groups excluding carboxylic acids is 2. The van der Waals surface area contributed by atoms with Crippen LogP contribution in [0.1, 0.15) is 40.9 Å². The van der Waals surface area contributed by atoms with Crippen LogP contribution in [-0.4, -0.2) is 60.1 Å². The third-order valence-electron chi connectivity index (χ3n) is 6.14. The van der Waals surface area contributed by atoms with Gasteiger partial charge >= 0.3 is 11.9 Å². The minimum Gasteiger partial charge on any atom is -0.481 e. The number of carboxylic acid groups (broad SMARTS) is 1. The molecule has 0 unspecified atom stereocenters. The molecule has 4 aromatic rings. The van der Waals surface area contributed by atoms with Crippen molar-refractivity contribution in [2.45, 2.75) is 37.1 Å². The number of benzene rings is 1. The smallest absolute Gasteiger partial charge is 0.306 e. The maximum absolute atomic E-state index is 12.8. The molecule has 0 aliphatic rings. The number of nitrogens with zero attached hydrogens (tertiary/aromatic N) is 5. The molecule has 0 aliphatic carbocycles. The molecule has 3 aromatic heterocycles. The highest BCUT2D eigenvalue weighted by Crippen LogP contribution is 2.28. The highest BCUT2D eigenvalue weighted by Gasteiger charge is 2.23. The standard InChI is InChI=1S/C28H29N7O5S2/c29-25-24-26(35-28(30)34-25)32-16-20(33-24)10-6-17-4-7-18(8-5-17)21(36)15-19(27(38)39)9-11-23(37)40-13-14-41-42-22-3-1-2-12-31-22/h1-5,7-8,12,16,19H,6,9-11,13-15H2,(H,38,39)(H4,29,30,32,34,35)/t19-/m1/s1. The van der Waals surface area contributed by atoms with Gasteiger partial charge < -0.3 is 21.3 Å². The number of Topliss-reactive ketones (excluding diaryl/α,β-unsaturated/α-hetero) is 1. The van der Waals surface area contributed by atoms with Crippen molar-refractivity contribution < 1.29 is 24.2 Å². The number of nitrogens with two attached hydrogens (primary N) is 2. The molecular weight excluding hydrogens is 578 g/mol. The minimum atomic E-state index is -1.12. The lowest BCUT2D eigenvalue weighted by Gasteiger charge is -2.12. The van der Waals surface area contributed by atoms with E-state index in [1.165, 1.54) is 21.6 Å². The lowest BCUT2D eigenvalue weighted by atomic mass is 9.93. The number of carbonyl (C=O) groups is 3. The number of esters is 1.